The molecule has 0 spiro atoms. The van der Waals surface area contributed by atoms with Crippen LogP contribution < -0.4 is 16.2 Å². The third-order valence-corrected chi connectivity index (χ3v) is 3.07. The van der Waals surface area contributed by atoms with Gasteiger partial charge in [-0.15, -0.1) is 0 Å². The topological polar surface area (TPSA) is 62.4 Å². The highest BCUT2D eigenvalue weighted by atomic mass is 32.1. The second-order valence-electron chi connectivity index (χ2n) is 5.15. The zero-order valence-corrected chi connectivity index (χ0v) is 13.5. The van der Waals surface area contributed by atoms with Crippen molar-refractivity contribution in [1.29, 1.82) is 0 Å². The largest absolute Gasteiger partial charge is 0.380 e. The Morgan fingerprint density at radius 2 is 1.90 bits per heavy atom. The van der Waals surface area contributed by atoms with Gasteiger partial charge >= 0.3 is 0 Å². The molecule has 0 aliphatic carbocycles. The number of benzene rings is 1. The molecule has 0 heterocycles. The van der Waals surface area contributed by atoms with Crippen molar-refractivity contribution in [2.75, 3.05) is 13.7 Å². The predicted octanol–water partition coefficient (Wildman–Crippen LogP) is 1.99. The quantitative estimate of drug-likeness (QED) is 0.554. The maximum atomic E-state index is 11.9. The van der Waals surface area contributed by atoms with Gasteiger partial charge in [-0.1, -0.05) is 26.0 Å². The van der Waals surface area contributed by atoms with Crippen LogP contribution in [0.25, 0.3) is 0 Å². The first kappa shape index (κ1) is 17.4. The molecule has 21 heavy (non-hydrogen) atoms. The normalized spacial score (nSPS) is 10.3. The Bertz CT molecular complexity index is 460. The Labute approximate surface area is 131 Å². The third-order valence-electron chi connectivity index (χ3n) is 2.82. The van der Waals surface area contributed by atoms with E-state index in [1.54, 1.807) is 19.2 Å². The monoisotopic (exact) mass is 309 g/mol. The number of carbonyl (C=O) groups is 1. The predicted molar refractivity (Wildman–Crippen MR) is 87.8 cm³/mol. The average molecular weight is 309 g/mol. The molecule has 0 saturated heterocycles. The van der Waals surface area contributed by atoms with Crippen LogP contribution in [0.5, 0.6) is 0 Å². The van der Waals surface area contributed by atoms with E-state index in [4.69, 9.17) is 17.0 Å². The van der Waals surface area contributed by atoms with Crippen LogP contribution in [0.3, 0.4) is 0 Å². The molecule has 1 aromatic rings. The molecule has 0 radical (unpaired) electrons. The summed E-state index contributed by atoms with van der Waals surface area (Å²) in [5, 5.41) is 3.45. The fourth-order valence-corrected chi connectivity index (χ4v) is 1.78. The lowest BCUT2D eigenvalue weighted by Crippen LogP contribution is -2.47. The number of hydrazine groups is 1. The summed E-state index contributed by atoms with van der Waals surface area (Å²) in [6.45, 7) is 5.61. The van der Waals surface area contributed by atoms with Crippen molar-refractivity contribution >= 4 is 23.2 Å². The molecule has 3 N–H and O–H groups in total. The lowest BCUT2D eigenvalue weighted by molar-refractivity contribution is 0.0943. The minimum absolute atomic E-state index is 0.230. The maximum absolute atomic E-state index is 11.9. The number of carbonyl (C=O) groups excluding carboxylic acids is 1. The standard InChI is InChI=1S/C15H23N3O2S/c1-11(2)8-9-16-15(21)18-17-14(19)13-6-4-12(5-7-13)10-20-3/h4-7,11H,8-10H2,1-3H3,(H,17,19)(H2,16,18,21). The summed E-state index contributed by atoms with van der Waals surface area (Å²) < 4.78 is 5.02. The van der Waals surface area contributed by atoms with E-state index in [0.29, 0.717) is 23.2 Å². The van der Waals surface area contributed by atoms with Gasteiger partial charge in [-0.05, 0) is 42.3 Å². The Kier molecular flexibility index (Phi) is 7.71. The minimum Gasteiger partial charge on any atom is -0.380 e. The van der Waals surface area contributed by atoms with E-state index in [0.717, 1.165) is 18.5 Å². The van der Waals surface area contributed by atoms with E-state index in [1.165, 1.54) is 0 Å². The molecule has 0 saturated carbocycles. The van der Waals surface area contributed by atoms with E-state index < -0.39 is 0 Å². The molecule has 0 aliphatic rings. The van der Waals surface area contributed by atoms with Crippen LogP contribution >= 0.6 is 12.2 Å². The molecule has 1 amide bonds. The Morgan fingerprint density at radius 3 is 2.48 bits per heavy atom. The molecule has 0 aliphatic heterocycles. The van der Waals surface area contributed by atoms with E-state index in [2.05, 4.69) is 30.0 Å². The molecule has 6 heteroatoms. The minimum atomic E-state index is -0.230. The maximum Gasteiger partial charge on any atom is 0.269 e. The first-order valence-electron chi connectivity index (χ1n) is 6.95. The van der Waals surface area contributed by atoms with Gasteiger partial charge in [0.25, 0.3) is 5.91 Å². The van der Waals surface area contributed by atoms with Gasteiger partial charge in [-0.25, -0.2) is 0 Å². The molecule has 0 aromatic heterocycles. The van der Waals surface area contributed by atoms with Crippen LogP contribution in [-0.4, -0.2) is 24.7 Å². The van der Waals surface area contributed by atoms with E-state index >= 15 is 0 Å². The number of hydrogen-bond donors (Lipinski definition) is 3. The Balaban J connectivity index is 2.34. The van der Waals surface area contributed by atoms with Crippen LogP contribution in [0.2, 0.25) is 0 Å². The average Bonchev–Trinajstić information content (AvgIpc) is 2.45. The van der Waals surface area contributed by atoms with Gasteiger partial charge in [0.1, 0.15) is 0 Å². The molecule has 0 atom stereocenters. The molecule has 1 rings (SSSR count). The Hall–Kier alpha value is -1.66. The van der Waals surface area contributed by atoms with Crippen molar-refractivity contribution in [2.24, 2.45) is 5.92 Å². The number of hydrogen-bond acceptors (Lipinski definition) is 3. The molecule has 1 aromatic carbocycles. The van der Waals surface area contributed by atoms with Crippen molar-refractivity contribution in [3.8, 4) is 0 Å². The van der Waals surface area contributed by atoms with E-state index in [-0.39, 0.29) is 5.91 Å². The number of methoxy groups -OCH3 is 1. The second kappa shape index (κ2) is 9.31. The summed E-state index contributed by atoms with van der Waals surface area (Å²) in [5.41, 5.74) is 6.84. The molecule has 0 bridgehead atoms. The summed E-state index contributed by atoms with van der Waals surface area (Å²) in [6, 6.07) is 7.22. The van der Waals surface area contributed by atoms with Crippen molar-refractivity contribution in [2.45, 2.75) is 26.9 Å². The molecule has 116 valence electrons. The van der Waals surface area contributed by atoms with Crippen molar-refractivity contribution in [1.82, 2.24) is 16.2 Å². The SMILES string of the molecule is COCc1ccc(C(=O)NNC(=S)NCCC(C)C)cc1. The zero-order valence-electron chi connectivity index (χ0n) is 12.7. The third kappa shape index (κ3) is 7.06. The summed E-state index contributed by atoms with van der Waals surface area (Å²) in [5.74, 6) is 0.382. The van der Waals surface area contributed by atoms with E-state index in [1.807, 2.05) is 12.1 Å². The number of amides is 1. The van der Waals surface area contributed by atoms with Crippen LogP contribution in [0, 0.1) is 5.92 Å². The summed E-state index contributed by atoms with van der Waals surface area (Å²) in [7, 11) is 1.64. The van der Waals surface area contributed by atoms with Gasteiger partial charge in [0.05, 0.1) is 6.61 Å². The zero-order chi connectivity index (χ0) is 15.7. The van der Waals surface area contributed by atoms with Gasteiger partial charge < -0.3 is 10.1 Å². The number of rotatable bonds is 6. The fourth-order valence-electron chi connectivity index (χ4n) is 1.62. The van der Waals surface area contributed by atoms with Crippen molar-refractivity contribution in [3.63, 3.8) is 0 Å². The Morgan fingerprint density at radius 1 is 1.24 bits per heavy atom. The fraction of sp³-hybridized carbons (Fsp3) is 0.467. The molecular formula is C15H23N3O2S. The van der Waals surface area contributed by atoms with Gasteiger partial charge in [0.2, 0.25) is 0 Å². The summed E-state index contributed by atoms with van der Waals surface area (Å²) in [6.07, 6.45) is 1.02. The number of nitrogens with one attached hydrogen (secondary N) is 3. The highest BCUT2D eigenvalue weighted by molar-refractivity contribution is 7.80. The second-order valence-corrected chi connectivity index (χ2v) is 5.56. The van der Waals surface area contributed by atoms with Gasteiger partial charge in [-0.3, -0.25) is 15.6 Å². The molecule has 0 unspecified atom stereocenters. The highest BCUT2D eigenvalue weighted by Gasteiger charge is 2.05. The highest BCUT2D eigenvalue weighted by Crippen LogP contribution is 2.05. The first-order chi connectivity index (χ1) is 10.0. The van der Waals surface area contributed by atoms with Crippen LogP contribution in [0.1, 0.15) is 36.2 Å². The lowest BCUT2D eigenvalue weighted by atomic mass is 10.1. The van der Waals surface area contributed by atoms with Gasteiger partial charge in [0, 0.05) is 19.2 Å². The molecular weight excluding hydrogens is 286 g/mol. The summed E-state index contributed by atoms with van der Waals surface area (Å²) in [4.78, 5) is 11.9. The van der Waals surface area contributed by atoms with E-state index in [9.17, 15) is 4.79 Å². The van der Waals surface area contributed by atoms with Gasteiger partial charge in [0.15, 0.2) is 5.11 Å². The van der Waals surface area contributed by atoms with Crippen LogP contribution in [0.15, 0.2) is 24.3 Å². The van der Waals surface area contributed by atoms with Gasteiger partial charge in [-0.2, -0.15) is 0 Å². The first-order valence-corrected chi connectivity index (χ1v) is 7.35. The summed E-state index contributed by atoms with van der Waals surface area (Å²) >= 11 is 5.08. The number of thiocarbonyl (C=S) groups is 1. The van der Waals surface area contributed by atoms with Crippen molar-refractivity contribution in [3.05, 3.63) is 35.4 Å². The molecule has 5 nitrogen and oxygen atoms in total. The van der Waals surface area contributed by atoms with Crippen molar-refractivity contribution < 1.29 is 9.53 Å². The van der Waals surface area contributed by atoms with Crippen LogP contribution in [0.4, 0.5) is 0 Å². The smallest absolute Gasteiger partial charge is 0.269 e. The lowest BCUT2D eigenvalue weighted by Gasteiger charge is -2.12. The molecule has 0 fully saturated rings. The van der Waals surface area contributed by atoms with Crippen LogP contribution in [-0.2, 0) is 11.3 Å². The number of ether oxygens (including phenoxy) is 1.